The normalized spacial score (nSPS) is 17.8. The second-order valence-corrected chi connectivity index (χ2v) is 9.32. The third-order valence-electron chi connectivity index (χ3n) is 6.53. The van der Waals surface area contributed by atoms with Crippen molar-refractivity contribution in [1.29, 1.82) is 0 Å². The SMILES string of the molecule is Cc1cc(C)c2c(c1)C(=O)CC1(CCN(C(=O)/C=C/c3ccc(C(C)C)cc3)CC1)O2. The number of hydrogen-bond donors (Lipinski definition) is 0. The molecule has 2 aromatic carbocycles. The van der Waals surface area contributed by atoms with Gasteiger partial charge in [0, 0.05) is 32.0 Å². The molecule has 2 heterocycles. The topological polar surface area (TPSA) is 46.6 Å². The molecule has 2 aliphatic heterocycles. The second-order valence-electron chi connectivity index (χ2n) is 9.32. The number of aryl methyl sites for hydroxylation is 2. The van der Waals surface area contributed by atoms with E-state index in [0.717, 1.165) is 22.4 Å². The van der Waals surface area contributed by atoms with Crippen LogP contribution in [0.5, 0.6) is 5.75 Å². The fourth-order valence-electron chi connectivity index (χ4n) is 4.62. The standard InChI is InChI=1S/C27H31NO3/c1-18(2)22-8-5-21(6-9-22)7-10-25(30)28-13-11-27(12-14-28)17-24(29)23-16-19(3)15-20(4)26(23)31-27/h5-10,15-16,18H,11-14,17H2,1-4H3/b10-7+. The summed E-state index contributed by atoms with van der Waals surface area (Å²) in [7, 11) is 0. The van der Waals surface area contributed by atoms with E-state index in [1.54, 1.807) is 6.08 Å². The predicted molar refractivity (Wildman–Crippen MR) is 124 cm³/mol. The Morgan fingerprint density at radius 3 is 2.42 bits per heavy atom. The van der Waals surface area contributed by atoms with Gasteiger partial charge >= 0.3 is 0 Å². The lowest BCUT2D eigenvalue weighted by molar-refractivity contribution is -0.129. The molecule has 4 heteroatoms. The number of nitrogens with zero attached hydrogens (tertiary/aromatic N) is 1. The maximum atomic E-state index is 12.8. The molecule has 0 unspecified atom stereocenters. The van der Waals surface area contributed by atoms with Gasteiger partial charge < -0.3 is 9.64 Å². The summed E-state index contributed by atoms with van der Waals surface area (Å²) < 4.78 is 6.43. The summed E-state index contributed by atoms with van der Waals surface area (Å²) in [5, 5.41) is 0. The Balaban J connectivity index is 1.40. The number of amides is 1. The number of benzene rings is 2. The summed E-state index contributed by atoms with van der Waals surface area (Å²) in [5.74, 6) is 1.38. The zero-order valence-electron chi connectivity index (χ0n) is 18.9. The molecular formula is C27H31NO3. The van der Waals surface area contributed by atoms with Gasteiger partial charge in [-0.1, -0.05) is 44.2 Å². The molecule has 2 aromatic rings. The monoisotopic (exact) mass is 417 g/mol. The molecule has 0 aromatic heterocycles. The van der Waals surface area contributed by atoms with Crippen LogP contribution in [-0.2, 0) is 4.79 Å². The number of ketones is 1. The second kappa shape index (κ2) is 8.33. The van der Waals surface area contributed by atoms with E-state index in [0.29, 0.717) is 43.8 Å². The molecule has 0 saturated carbocycles. The Bertz CT molecular complexity index is 1030. The van der Waals surface area contributed by atoms with Gasteiger partial charge in [0.25, 0.3) is 0 Å². The van der Waals surface area contributed by atoms with Crippen molar-refractivity contribution in [1.82, 2.24) is 4.90 Å². The molecule has 0 bridgehead atoms. The zero-order valence-corrected chi connectivity index (χ0v) is 18.9. The van der Waals surface area contributed by atoms with Gasteiger partial charge in [0.2, 0.25) is 5.91 Å². The van der Waals surface area contributed by atoms with Crippen molar-refractivity contribution < 1.29 is 14.3 Å². The van der Waals surface area contributed by atoms with Crippen molar-refractivity contribution in [2.75, 3.05) is 13.1 Å². The number of ether oxygens (including phenoxy) is 1. The van der Waals surface area contributed by atoms with Gasteiger partial charge in [0.15, 0.2) is 5.78 Å². The number of piperidine rings is 1. The lowest BCUT2D eigenvalue weighted by atomic mass is 9.81. The molecule has 1 fully saturated rings. The van der Waals surface area contributed by atoms with E-state index in [4.69, 9.17) is 4.74 Å². The highest BCUT2D eigenvalue weighted by Crippen LogP contribution is 2.41. The van der Waals surface area contributed by atoms with Crippen LogP contribution in [0.15, 0.2) is 42.5 Å². The first-order valence-corrected chi connectivity index (χ1v) is 11.2. The number of carbonyl (C=O) groups is 2. The first kappa shape index (κ1) is 21.4. The number of hydrogen-bond acceptors (Lipinski definition) is 3. The van der Waals surface area contributed by atoms with E-state index in [1.165, 1.54) is 5.56 Å². The largest absolute Gasteiger partial charge is 0.486 e. The minimum absolute atomic E-state index is 0.0112. The number of Topliss-reactive ketones (excluding diaryl/α,β-unsaturated/α-hetero) is 1. The van der Waals surface area contributed by atoms with Crippen molar-refractivity contribution in [3.63, 3.8) is 0 Å². The Labute approximate surface area is 184 Å². The molecule has 1 amide bonds. The smallest absolute Gasteiger partial charge is 0.246 e. The molecule has 162 valence electrons. The molecule has 4 rings (SSSR count). The molecule has 0 aliphatic carbocycles. The third-order valence-corrected chi connectivity index (χ3v) is 6.53. The minimum atomic E-state index is -0.489. The summed E-state index contributed by atoms with van der Waals surface area (Å²) in [5.41, 5.74) is 4.61. The Morgan fingerprint density at radius 2 is 1.77 bits per heavy atom. The average molecular weight is 418 g/mol. The van der Waals surface area contributed by atoms with Crippen LogP contribution >= 0.6 is 0 Å². The van der Waals surface area contributed by atoms with Crippen molar-refractivity contribution >= 4 is 17.8 Å². The molecular weight excluding hydrogens is 386 g/mol. The fourth-order valence-corrected chi connectivity index (χ4v) is 4.62. The Hall–Kier alpha value is -2.88. The molecule has 0 atom stereocenters. The molecule has 0 N–H and O–H groups in total. The van der Waals surface area contributed by atoms with Crippen LogP contribution in [0.2, 0.25) is 0 Å². The van der Waals surface area contributed by atoms with Crippen LogP contribution in [0.1, 0.15) is 71.6 Å². The van der Waals surface area contributed by atoms with E-state index >= 15 is 0 Å². The number of rotatable bonds is 3. The molecule has 0 radical (unpaired) electrons. The van der Waals surface area contributed by atoms with Crippen LogP contribution in [0, 0.1) is 13.8 Å². The highest BCUT2D eigenvalue weighted by atomic mass is 16.5. The lowest BCUT2D eigenvalue weighted by Crippen LogP contribution is -2.52. The van der Waals surface area contributed by atoms with E-state index in [-0.39, 0.29) is 11.7 Å². The zero-order chi connectivity index (χ0) is 22.2. The highest BCUT2D eigenvalue weighted by Gasteiger charge is 2.44. The molecule has 1 spiro atoms. The van der Waals surface area contributed by atoms with Crippen LogP contribution < -0.4 is 4.74 Å². The van der Waals surface area contributed by atoms with Gasteiger partial charge in [-0.05, 0) is 54.2 Å². The summed E-state index contributed by atoms with van der Waals surface area (Å²) >= 11 is 0. The Kier molecular flexibility index (Phi) is 5.74. The van der Waals surface area contributed by atoms with Gasteiger partial charge in [0.05, 0.1) is 12.0 Å². The highest BCUT2D eigenvalue weighted by molar-refractivity contribution is 6.01. The van der Waals surface area contributed by atoms with Gasteiger partial charge in [-0.3, -0.25) is 9.59 Å². The van der Waals surface area contributed by atoms with Crippen LogP contribution in [0.25, 0.3) is 6.08 Å². The first-order valence-electron chi connectivity index (χ1n) is 11.2. The van der Waals surface area contributed by atoms with E-state index < -0.39 is 5.60 Å². The van der Waals surface area contributed by atoms with E-state index in [9.17, 15) is 9.59 Å². The molecule has 2 aliphatic rings. The summed E-state index contributed by atoms with van der Waals surface area (Å²) in [6, 6.07) is 12.3. The van der Waals surface area contributed by atoms with Crippen LogP contribution in [-0.4, -0.2) is 35.3 Å². The number of likely N-dealkylation sites (tertiary alicyclic amines) is 1. The number of fused-ring (bicyclic) bond motifs is 1. The van der Waals surface area contributed by atoms with Gasteiger partial charge in [-0.15, -0.1) is 0 Å². The van der Waals surface area contributed by atoms with Gasteiger partial charge in [-0.2, -0.15) is 0 Å². The average Bonchev–Trinajstić information content (AvgIpc) is 2.74. The van der Waals surface area contributed by atoms with E-state index in [2.05, 4.69) is 32.0 Å². The van der Waals surface area contributed by atoms with Crippen molar-refractivity contribution in [2.24, 2.45) is 0 Å². The summed E-state index contributed by atoms with van der Waals surface area (Å²) in [6.07, 6.45) is 5.27. The van der Waals surface area contributed by atoms with Crippen molar-refractivity contribution in [2.45, 2.75) is 58.5 Å². The van der Waals surface area contributed by atoms with Crippen LogP contribution in [0.4, 0.5) is 0 Å². The van der Waals surface area contributed by atoms with Crippen molar-refractivity contribution in [3.8, 4) is 5.75 Å². The number of carbonyl (C=O) groups excluding carboxylic acids is 2. The lowest BCUT2D eigenvalue weighted by Gasteiger charge is -2.44. The van der Waals surface area contributed by atoms with E-state index in [1.807, 2.05) is 43.0 Å². The minimum Gasteiger partial charge on any atom is -0.486 e. The molecule has 4 nitrogen and oxygen atoms in total. The summed E-state index contributed by atoms with van der Waals surface area (Å²) in [6.45, 7) is 9.53. The summed E-state index contributed by atoms with van der Waals surface area (Å²) in [4.78, 5) is 27.4. The van der Waals surface area contributed by atoms with Crippen molar-refractivity contribution in [3.05, 3.63) is 70.3 Å². The third kappa shape index (κ3) is 4.43. The maximum Gasteiger partial charge on any atom is 0.246 e. The molecule has 31 heavy (non-hydrogen) atoms. The first-order chi connectivity index (χ1) is 14.8. The fraction of sp³-hybridized carbons (Fsp3) is 0.407. The van der Waals surface area contributed by atoms with Crippen LogP contribution in [0.3, 0.4) is 0 Å². The van der Waals surface area contributed by atoms with Gasteiger partial charge in [0.1, 0.15) is 11.4 Å². The Morgan fingerprint density at radius 1 is 1.10 bits per heavy atom. The van der Waals surface area contributed by atoms with Gasteiger partial charge in [-0.25, -0.2) is 0 Å². The maximum absolute atomic E-state index is 12.8. The predicted octanol–water partition coefficient (Wildman–Crippen LogP) is 5.47. The molecule has 1 saturated heterocycles. The quantitative estimate of drug-likeness (QED) is 0.623.